The molecule has 0 saturated carbocycles. The molecule has 2 nitrogen and oxygen atoms in total. The summed E-state index contributed by atoms with van der Waals surface area (Å²) in [5, 5.41) is 2.94. The van der Waals surface area contributed by atoms with E-state index in [4.69, 9.17) is 0 Å². The van der Waals surface area contributed by atoms with Crippen molar-refractivity contribution >= 4 is 33.2 Å². The van der Waals surface area contributed by atoms with Crippen molar-refractivity contribution in [2.75, 3.05) is 0 Å². The van der Waals surface area contributed by atoms with Gasteiger partial charge in [0.25, 0.3) is 0 Å². The Morgan fingerprint density at radius 3 is 2.81 bits per heavy atom. The summed E-state index contributed by atoms with van der Waals surface area (Å²) in [6.45, 7) is 2.83. The van der Waals surface area contributed by atoms with E-state index in [-0.39, 0.29) is 5.91 Å². The molecule has 0 aliphatic heterocycles. The van der Waals surface area contributed by atoms with Crippen LogP contribution in [0.3, 0.4) is 0 Å². The lowest BCUT2D eigenvalue weighted by Crippen LogP contribution is -2.21. The van der Waals surface area contributed by atoms with Gasteiger partial charge in [-0.05, 0) is 34.5 Å². The number of carbonyl (C=O) groups is 1. The molecule has 90 valence electrons. The summed E-state index contributed by atoms with van der Waals surface area (Å²) in [6, 6.07) is 4.04. The quantitative estimate of drug-likeness (QED) is 0.755. The Morgan fingerprint density at radius 2 is 2.19 bits per heavy atom. The average molecular weight is 304 g/mol. The SMILES string of the molecule is CCCCCCC(=O)NCc1ccc(Br)s1. The number of carbonyl (C=O) groups excluding carboxylic acids is 1. The van der Waals surface area contributed by atoms with E-state index in [1.165, 1.54) is 17.7 Å². The molecule has 0 fully saturated rings. The normalized spacial score (nSPS) is 10.4. The minimum atomic E-state index is 0.167. The van der Waals surface area contributed by atoms with Crippen LogP contribution in [0, 0.1) is 0 Å². The Labute approximate surface area is 110 Å². The molecule has 1 rings (SSSR count). The number of thiophene rings is 1. The topological polar surface area (TPSA) is 29.1 Å². The predicted octanol–water partition coefficient (Wildman–Crippen LogP) is 4.10. The van der Waals surface area contributed by atoms with Gasteiger partial charge in [0, 0.05) is 11.3 Å². The first-order valence-corrected chi connectivity index (χ1v) is 7.34. The molecule has 0 radical (unpaired) electrons. The third kappa shape index (κ3) is 5.66. The third-order valence-electron chi connectivity index (χ3n) is 2.35. The molecule has 0 spiro atoms. The van der Waals surface area contributed by atoms with Crippen LogP contribution >= 0.6 is 27.3 Å². The minimum Gasteiger partial charge on any atom is -0.351 e. The first-order valence-electron chi connectivity index (χ1n) is 5.73. The van der Waals surface area contributed by atoms with Gasteiger partial charge < -0.3 is 5.32 Å². The molecule has 0 unspecified atom stereocenters. The van der Waals surface area contributed by atoms with E-state index in [9.17, 15) is 4.79 Å². The average Bonchev–Trinajstić information content (AvgIpc) is 2.68. The summed E-state index contributed by atoms with van der Waals surface area (Å²) in [5.74, 6) is 0.167. The molecule has 16 heavy (non-hydrogen) atoms. The van der Waals surface area contributed by atoms with Crippen LogP contribution in [0.15, 0.2) is 15.9 Å². The number of nitrogens with one attached hydrogen (secondary N) is 1. The number of hydrogen-bond acceptors (Lipinski definition) is 2. The second-order valence-electron chi connectivity index (χ2n) is 3.79. The van der Waals surface area contributed by atoms with Gasteiger partial charge in [0.1, 0.15) is 0 Å². The highest BCUT2D eigenvalue weighted by molar-refractivity contribution is 9.11. The number of halogens is 1. The monoisotopic (exact) mass is 303 g/mol. The zero-order valence-electron chi connectivity index (χ0n) is 9.59. The maximum Gasteiger partial charge on any atom is 0.220 e. The first kappa shape index (κ1) is 13.7. The Bertz CT molecular complexity index is 325. The fourth-order valence-electron chi connectivity index (χ4n) is 1.43. The lowest BCUT2D eigenvalue weighted by molar-refractivity contribution is -0.121. The molecule has 1 aromatic heterocycles. The van der Waals surface area contributed by atoms with Gasteiger partial charge in [-0.1, -0.05) is 26.2 Å². The van der Waals surface area contributed by atoms with Crippen LogP contribution in [-0.2, 0) is 11.3 Å². The second-order valence-corrected chi connectivity index (χ2v) is 6.34. The zero-order valence-corrected chi connectivity index (χ0v) is 12.0. The van der Waals surface area contributed by atoms with Gasteiger partial charge in [-0.15, -0.1) is 11.3 Å². The molecule has 4 heteroatoms. The van der Waals surface area contributed by atoms with E-state index in [0.29, 0.717) is 13.0 Å². The predicted molar refractivity (Wildman–Crippen MR) is 72.6 cm³/mol. The largest absolute Gasteiger partial charge is 0.351 e. The highest BCUT2D eigenvalue weighted by atomic mass is 79.9. The van der Waals surface area contributed by atoms with Crippen molar-refractivity contribution in [3.63, 3.8) is 0 Å². The molecule has 0 atom stereocenters. The van der Waals surface area contributed by atoms with Gasteiger partial charge in [0.2, 0.25) is 5.91 Å². The molecule has 1 heterocycles. The van der Waals surface area contributed by atoms with Crippen molar-refractivity contribution in [3.8, 4) is 0 Å². The molecule has 0 saturated heterocycles. The molecule has 0 aromatic carbocycles. The molecule has 1 N–H and O–H groups in total. The second kappa shape index (κ2) is 7.85. The maximum atomic E-state index is 11.5. The molecular weight excluding hydrogens is 286 g/mol. The lowest BCUT2D eigenvalue weighted by Gasteiger charge is -2.03. The molecule has 0 aliphatic rings. The van der Waals surface area contributed by atoms with Crippen LogP contribution in [0.4, 0.5) is 0 Å². The van der Waals surface area contributed by atoms with Gasteiger partial charge in [0.05, 0.1) is 10.3 Å². The van der Waals surface area contributed by atoms with Gasteiger partial charge in [-0.25, -0.2) is 0 Å². The van der Waals surface area contributed by atoms with Crippen molar-refractivity contribution < 1.29 is 4.79 Å². The Kier molecular flexibility index (Phi) is 6.73. The summed E-state index contributed by atoms with van der Waals surface area (Å²) in [6.07, 6.45) is 5.27. The summed E-state index contributed by atoms with van der Waals surface area (Å²) in [7, 11) is 0. The molecule has 0 bridgehead atoms. The van der Waals surface area contributed by atoms with Crippen molar-refractivity contribution in [2.24, 2.45) is 0 Å². The highest BCUT2D eigenvalue weighted by Crippen LogP contribution is 2.21. The van der Waals surface area contributed by atoms with Crippen LogP contribution in [0.2, 0.25) is 0 Å². The van der Waals surface area contributed by atoms with E-state index >= 15 is 0 Å². The van der Waals surface area contributed by atoms with E-state index in [0.717, 1.165) is 16.6 Å². The summed E-state index contributed by atoms with van der Waals surface area (Å²) in [5.41, 5.74) is 0. The summed E-state index contributed by atoms with van der Waals surface area (Å²) >= 11 is 5.07. The number of hydrogen-bond donors (Lipinski definition) is 1. The van der Waals surface area contributed by atoms with E-state index in [1.54, 1.807) is 11.3 Å². The third-order valence-corrected chi connectivity index (χ3v) is 3.97. The lowest BCUT2D eigenvalue weighted by atomic mass is 10.1. The smallest absolute Gasteiger partial charge is 0.220 e. The van der Waals surface area contributed by atoms with Crippen molar-refractivity contribution in [3.05, 3.63) is 20.8 Å². The van der Waals surface area contributed by atoms with Crippen LogP contribution in [-0.4, -0.2) is 5.91 Å². The fraction of sp³-hybridized carbons (Fsp3) is 0.583. The summed E-state index contributed by atoms with van der Waals surface area (Å²) in [4.78, 5) is 12.7. The maximum absolute atomic E-state index is 11.5. The van der Waals surface area contributed by atoms with Crippen LogP contribution in [0.5, 0.6) is 0 Å². The van der Waals surface area contributed by atoms with Gasteiger partial charge in [-0.2, -0.15) is 0 Å². The number of amides is 1. The number of rotatable bonds is 7. The Hall–Kier alpha value is -0.350. The van der Waals surface area contributed by atoms with Gasteiger partial charge in [-0.3, -0.25) is 4.79 Å². The van der Waals surface area contributed by atoms with Crippen LogP contribution < -0.4 is 5.32 Å². The van der Waals surface area contributed by atoms with Gasteiger partial charge in [0.15, 0.2) is 0 Å². The van der Waals surface area contributed by atoms with Crippen LogP contribution in [0.25, 0.3) is 0 Å². The Morgan fingerprint density at radius 1 is 1.38 bits per heavy atom. The van der Waals surface area contributed by atoms with Gasteiger partial charge >= 0.3 is 0 Å². The standard InChI is InChI=1S/C12H18BrNOS/c1-2-3-4-5-6-12(15)14-9-10-7-8-11(13)16-10/h7-8H,2-6,9H2,1H3,(H,14,15). The summed E-state index contributed by atoms with van der Waals surface area (Å²) < 4.78 is 1.11. The zero-order chi connectivity index (χ0) is 11.8. The van der Waals surface area contributed by atoms with E-state index in [1.807, 2.05) is 12.1 Å². The van der Waals surface area contributed by atoms with Crippen LogP contribution in [0.1, 0.15) is 43.9 Å². The van der Waals surface area contributed by atoms with Crippen molar-refractivity contribution in [1.82, 2.24) is 5.32 Å². The molecule has 1 amide bonds. The Balaban J connectivity index is 2.10. The van der Waals surface area contributed by atoms with E-state index in [2.05, 4.69) is 28.2 Å². The molecule has 1 aromatic rings. The number of unbranched alkanes of at least 4 members (excludes halogenated alkanes) is 3. The molecule has 0 aliphatic carbocycles. The highest BCUT2D eigenvalue weighted by Gasteiger charge is 2.02. The molecular formula is C12H18BrNOS. The van der Waals surface area contributed by atoms with Crippen molar-refractivity contribution in [2.45, 2.75) is 45.6 Å². The first-order chi connectivity index (χ1) is 7.72. The van der Waals surface area contributed by atoms with E-state index < -0.39 is 0 Å². The van der Waals surface area contributed by atoms with Crippen molar-refractivity contribution in [1.29, 1.82) is 0 Å². The minimum absolute atomic E-state index is 0.167. The fourth-order valence-corrected chi connectivity index (χ4v) is 2.86.